The molecule has 0 saturated carbocycles. The van der Waals surface area contributed by atoms with E-state index in [0.717, 1.165) is 17.7 Å². The van der Waals surface area contributed by atoms with Gasteiger partial charge in [-0.15, -0.1) is 12.4 Å². The van der Waals surface area contributed by atoms with Crippen LogP contribution in [-0.2, 0) is 19.3 Å². The predicted octanol–water partition coefficient (Wildman–Crippen LogP) is 4.16. The summed E-state index contributed by atoms with van der Waals surface area (Å²) in [5.74, 6) is 0.655. The molecule has 114 valence electrons. The Morgan fingerprint density at radius 2 is 1.38 bits per heavy atom. The molecule has 0 saturated heterocycles. The van der Waals surface area contributed by atoms with Gasteiger partial charge in [0.25, 0.3) is 0 Å². The molecule has 6 heteroatoms. The van der Waals surface area contributed by atoms with Crippen LogP contribution in [0.15, 0.2) is 48.5 Å². The van der Waals surface area contributed by atoms with Crippen molar-refractivity contribution in [2.24, 2.45) is 5.73 Å². The zero-order valence-corrected chi connectivity index (χ0v) is 11.9. The minimum atomic E-state index is -4.31. The lowest BCUT2D eigenvalue weighted by molar-refractivity contribution is -0.137. The second-order valence-corrected chi connectivity index (χ2v) is 4.33. The number of alkyl halides is 3. The molecule has 0 bridgehead atoms. The molecule has 0 aliphatic carbocycles. The van der Waals surface area contributed by atoms with Gasteiger partial charge >= 0.3 is 6.18 Å². The quantitative estimate of drug-likeness (QED) is 0.918. The molecule has 21 heavy (non-hydrogen) atoms. The molecule has 2 nitrogen and oxygen atoms in total. The van der Waals surface area contributed by atoms with E-state index >= 15 is 0 Å². The van der Waals surface area contributed by atoms with Crippen LogP contribution in [0, 0.1) is 0 Å². The van der Waals surface area contributed by atoms with E-state index in [1.807, 2.05) is 12.1 Å². The second kappa shape index (κ2) is 7.33. The highest BCUT2D eigenvalue weighted by atomic mass is 35.5. The molecule has 0 radical (unpaired) electrons. The van der Waals surface area contributed by atoms with Gasteiger partial charge in [0.15, 0.2) is 0 Å². The maximum Gasteiger partial charge on any atom is 0.416 e. The molecule has 2 rings (SSSR count). The van der Waals surface area contributed by atoms with Gasteiger partial charge in [0.2, 0.25) is 0 Å². The molecule has 2 aromatic carbocycles. The standard InChI is InChI=1S/C15H14F3NO.ClH/c16-15(17,18)13-5-1-12(2-6-13)10-20-14-7-3-11(9-19)4-8-14;/h1-8H,9-10,19H2;1H. The molecule has 2 N–H and O–H groups in total. The molecule has 0 spiro atoms. The third-order valence-corrected chi connectivity index (χ3v) is 2.85. The smallest absolute Gasteiger partial charge is 0.416 e. The first-order valence-corrected chi connectivity index (χ1v) is 6.07. The Morgan fingerprint density at radius 3 is 1.86 bits per heavy atom. The lowest BCUT2D eigenvalue weighted by Crippen LogP contribution is -2.05. The Balaban J connectivity index is 0.00000220. The molecule has 0 aliphatic rings. The van der Waals surface area contributed by atoms with Crippen molar-refractivity contribution in [3.8, 4) is 5.75 Å². The fourth-order valence-corrected chi connectivity index (χ4v) is 1.68. The van der Waals surface area contributed by atoms with Gasteiger partial charge in [0, 0.05) is 6.54 Å². The minimum Gasteiger partial charge on any atom is -0.489 e. The van der Waals surface area contributed by atoms with Gasteiger partial charge in [0.1, 0.15) is 12.4 Å². The molecular formula is C15H15ClF3NO. The number of rotatable bonds is 4. The van der Waals surface area contributed by atoms with Crippen molar-refractivity contribution >= 4 is 12.4 Å². The topological polar surface area (TPSA) is 35.2 Å². The summed E-state index contributed by atoms with van der Waals surface area (Å²) >= 11 is 0. The lowest BCUT2D eigenvalue weighted by Gasteiger charge is -2.09. The largest absolute Gasteiger partial charge is 0.489 e. The van der Waals surface area contributed by atoms with Crippen molar-refractivity contribution < 1.29 is 17.9 Å². The lowest BCUT2D eigenvalue weighted by atomic mass is 10.1. The zero-order valence-electron chi connectivity index (χ0n) is 11.1. The molecule has 0 aliphatic heterocycles. The van der Waals surface area contributed by atoms with Gasteiger partial charge in [0.05, 0.1) is 5.56 Å². The van der Waals surface area contributed by atoms with E-state index in [4.69, 9.17) is 10.5 Å². The highest BCUT2D eigenvalue weighted by molar-refractivity contribution is 5.85. The third kappa shape index (κ3) is 4.95. The highest BCUT2D eigenvalue weighted by Gasteiger charge is 2.29. The molecule has 0 heterocycles. The summed E-state index contributed by atoms with van der Waals surface area (Å²) in [6.07, 6.45) is -4.31. The predicted molar refractivity (Wildman–Crippen MR) is 77.4 cm³/mol. The van der Waals surface area contributed by atoms with Crippen LogP contribution in [0.1, 0.15) is 16.7 Å². The Hall–Kier alpha value is -1.72. The summed E-state index contributed by atoms with van der Waals surface area (Å²) in [5, 5.41) is 0. The van der Waals surface area contributed by atoms with E-state index in [2.05, 4.69) is 0 Å². The van der Waals surface area contributed by atoms with E-state index in [9.17, 15) is 13.2 Å². The average molecular weight is 318 g/mol. The Kier molecular flexibility index (Phi) is 6.05. The van der Waals surface area contributed by atoms with Crippen molar-refractivity contribution in [3.05, 3.63) is 65.2 Å². The van der Waals surface area contributed by atoms with Crippen LogP contribution >= 0.6 is 12.4 Å². The van der Waals surface area contributed by atoms with Crippen LogP contribution in [0.2, 0.25) is 0 Å². The van der Waals surface area contributed by atoms with Gasteiger partial charge in [-0.05, 0) is 35.4 Å². The SMILES string of the molecule is Cl.NCc1ccc(OCc2ccc(C(F)(F)F)cc2)cc1. The molecule has 0 amide bonds. The molecular weight excluding hydrogens is 303 g/mol. The number of nitrogens with two attached hydrogens (primary N) is 1. The maximum atomic E-state index is 12.4. The molecule has 0 atom stereocenters. The van der Waals surface area contributed by atoms with E-state index < -0.39 is 11.7 Å². The molecule has 0 fully saturated rings. The van der Waals surface area contributed by atoms with Crippen molar-refractivity contribution in [2.75, 3.05) is 0 Å². The van der Waals surface area contributed by atoms with Crippen LogP contribution in [0.4, 0.5) is 13.2 Å². The number of benzene rings is 2. The monoisotopic (exact) mass is 317 g/mol. The summed E-state index contributed by atoms with van der Waals surface area (Å²) in [6, 6.07) is 12.2. The highest BCUT2D eigenvalue weighted by Crippen LogP contribution is 2.29. The minimum absolute atomic E-state index is 0. The first-order chi connectivity index (χ1) is 9.49. The van der Waals surface area contributed by atoms with Crippen molar-refractivity contribution in [1.82, 2.24) is 0 Å². The Morgan fingerprint density at radius 1 is 0.857 bits per heavy atom. The van der Waals surface area contributed by atoms with Gasteiger partial charge in [-0.25, -0.2) is 0 Å². The number of ether oxygens (including phenoxy) is 1. The molecule has 2 aromatic rings. The van der Waals surface area contributed by atoms with Gasteiger partial charge < -0.3 is 10.5 Å². The van der Waals surface area contributed by atoms with Gasteiger partial charge in [-0.3, -0.25) is 0 Å². The van der Waals surface area contributed by atoms with Crippen LogP contribution in [0.5, 0.6) is 5.75 Å². The van der Waals surface area contributed by atoms with E-state index in [0.29, 0.717) is 17.9 Å². The van der Waals surface area contributed by atoms with Gasteiger partial charge in [-0.1, -0.05) is 24.3 Å². The molecule has 0 aromatic heterocycles. The maximum absolute atomic E-state index is 12.4. The van der Waals surface area contributed by atoms with Crippen LogP contribution < -0.4 is 10.5 Å². The fraction of sp³-hybridized carbons (Fsp3) is 0.200. The first kappa shape index (κ1) is 17.3. The van der Waals surface area contributed by atoms with Crippen molar-refractivity contribution in [2.45, 2.75) is 19.3 Å². The zero-order chi connectivity index (χ0) is 14.6. The summed E-state index contributed by atoms with van der Waals surface area (Å²) in [6.45, 7) is 0.680. The van der Waals surface area contributed by atoms with Crippen molar-refractivity contribution in [1.29, 1.82) is 0 Å². The Labute approximate surface area is 127 Å². The first-order valence-electron chi connectivity index (χ1n) is 6.07. The van der Waals surface area contributed by atoms with Crippen molar-refractivity contribution in [3.63, 3.8) is 0 Å². The summed E-state index contributed by atoms with van der Waals surface area (Å²) in [7, 11) is 0. The van der Waals surface area contributed by atoms with E-state index in [1.54, 1.807) is 12.1 Å². The Bertz CT molecular complexity index is 553. The molecule has 0 unspecified atom stereocenters. The average Bonchev–Trinajstić information content (AvgIpc) is 2.45. The van der Waals surface area contributed by atoms with Crippen LogP contribution in [0.25, 0.3) is 0 Å². The normalized spacial score (nSPS) is 10.9. The van der Waals surface area contributed by atoms with E-state index in [-0.39, 0.29) is 19.0 Å². The number of hydrogen-bond acceptors (Lipinski definition) is 2. The fourth-order valence-electron chi connectivity index (χ4n) is 1.68. The van der Waals surface area contributed by atoms with Crippen LogP contribution in [0.3, 0.4) is 0 Å². The van der Waals surface area contributed by atoms with E-state index in [1.165, 1.54) is 12.1 Å². The second-order valence-electron chi connectivity index (χ2n) is 4.33. The summed E-state index contributed by atoms with van der Waals surface area (Å²) in [4.78, 5) is 0. The summed E-state index contributed by atoms with van der Waals surface area (Å²) in [5.41, 5.74) is 6.50. The summed E-state index contributed by atoms with van der Waals surface area (Å²) < 4.78 is 42.7. The van der Waals surface area contributed by atoms with Gasteiger partial charge in [-0.2, -0.15) is 13.2 Å². The number of halogens is 4. The number of hydrogen-bond donors (Lipinski definition) is 1. The van der Waals surface area contributed by atoms with Crippen LogP contribution in [-0.4, -0.2) is 0 Å². The third-order valence-electron chi connectivity index (χ3n) is 2.85.